The van der Waals surface area contributed by atoms with Crippen molar-refractivity contribution in [2.24, 2.45) is 0 Å². The van der Waals surface area contributed by atoms with Crippen LogP contribution in [0, 0.1) is 6.92 Å². The minimum Gasteiger partial charge on any atom is -0.466 e. The molecular weight excluding hydrogens is 408 g/mol. The number of methoxy groups -OCH3 is 1. The zero-order valence-electron chi connectivity index (χ0n) is 17.5. The molecule has 2 heterocycles. The number of hydrogen-bond donors (Lipinski definition) is 1. The van der Waals surface area contributed by atoms with E-state index < -0.39 is 0 Å². The first-order chi connectivity index (χ1) is 15.6. The Morgan fingerprint density at radius 2 is 1.81 bits per heavy atom. The standard InChI is InChI=1S/C24H20N4O4/c1-15-5-3-4-6-19(15)22-26-24(30-2)27-28(22)18-10-8-17(9-11-18)25-23(29)16-7-12-20-21(13-16)32-14-31-20/h3-13H,14H2,1-2H3,(H,25,29). The Balaban J connectivity index is 1.40. The highest BCUT2D eigenvalue weighted by Gasteiger charge is 2.18. The van der Waals surface area contributed by atoms with Crippen molar-refractivity contribution in [3.05, 3.63) is 77.9 Å². The van der Waals surface area contributed by atoms with Crippen molar-refractivity contribution in [3.8, 4) is 34.6 Å². The predicted molar refractivity (Wildman–Crippen MR) is 119 cm³/mol. The van der Waals surface area contributed by atoms with E-state index in [-0.39, 0.29) is 18.7 Å². The average Bonchev–Trinajstić information content (AvgIpc) is 3.46. The van der Waals surface area contributed by atoms with Crippen LogP contribution in [0.3, 0.4) is 0 Å². The SMILES string of the molecule is COc1nc(-c2ccccc2C)n(-c2ccc(NC(=O)c3ccc4c(c3)OCO4)cc2)n1. The van der Waals surface area contributed by atoms with Gasteiger partial charge in [-0.05, 0) is 55.0 Å². The molecule has 0 bridgehead atoms. The lowest BCUT2D eigenvalue weighted by Gasteiger charge is -2.10. The Labute approximate surface area is 184 Å². The third-order valence-electron chi connectivity index (χ3n) is 5.16. The van der Waals surface area contributed by atoms with Crippen molar-refractivity contribution >= 4 is 11.6 Å². The second kappa shape index (κ2) is 8.07. The van der Waals surface area contributed by atoms with Gasteiger partial charge in [0, 0.05) is 16.8 Å². The number of anilines is 1. The summed E-state index contributed by atoms with van der Waals surface area (Å²) in [5.74, 6) is 1.65. The molecule has 4 aromatic rings. The number of nitrogens with zero attached hydrogens (tertiary/aromatic N) is 3. The number of hydrogen-bond acceptors (Lipinski definition) is 6. The normalized spacial score (nSPS) is 11.9. The van der Waals surface area contributed by atoms with Gasteiger partial charge in [-0.15, -0.1) is 5.10 Å². The molecule has 1 aliphatic rings. The summed E-state index contributed by atoms with van der Waals surface area (Å²) in [4.78, 5) is 17.1. The van der Waals surface area contributed by atoms with E-state index in [0.717, 1.165) is 16.8 Å². The molecule has 8 nitrogen and oxygen atoms in total. The van der Waals surface area contributed by atoms with Crippen LogP contribution < -0.4 is 19.5 Å². The fourth-order valence-electron chi connectivity index (χ4n) is 3.48. The van der Waals surface area contributed by atoms with Gasteiger partial charge in [-0.2, -0.15) is 4.98 Å². The first-order valence-electron chi connectivity index (χ1n) is 10.0. The van der Waals surface area contributed by atoms with Crippen LogP contribution in [0.15, 0.2) is 66.7 Å². The van der Waals surface area contributed by atoms with Gasteiger partial charge in [0.25, 0.3) is 5.91 Å². The van der Waals surface area contributed by atoms with Crippen molar-refractivity contribution in [2.75, 3.05) is 19.2 Å². The van der Waals surface area contributed by atoms with E-state index in [1.165, 1.54) is 7.11 Å². The van der Waals surface area contributed by atoms with Gasteiger partial charge in [0.1, 0.15) is 0 Å². The number of amides is 1. The molecule has 8 heteroatoms. The lowest BCUT2D eigenvalue weighted by molar-refractivity contribution is 0.102. The smallest absolute Gasteiger partial charge is 0.336 e. The summed E-state index contributed by atoms with van der Waals surface area (Å²) in [5.41, 5.74) is 3.97. The quantitative estimate of drug-likeness (QED) is 0.512. The van der Waals surface area contributed by atoms with Crippen molar-refractivity contribution in [3.63, 3.8) is 0 Å². The number of fused-ring (bicyclic) bond motifs is 1. The molecule has 5 rings (SSSR count). The van der Waals surface area contributed by atoms with Crippen molar-refractivity contribution in [1.82, 2.24) is 14.8 Å². The molecule has 1 amide bonds. The number of ether oxygens (including phenoxy) is 3. The fraction of sp³-hybridized carbons (Fsp3) is 0.125. The third-order valence-corrected chi connectivity index (χ3v) is 5.16. The molecule has 1 aromatic heterocycles. The predicted octanol–water partition coefficient (Wildman–Crippen LogP) is 4.23. The van der Waals surface area contributed by atoms with Crippen LogP contribution in [-0.2, 0) is 0 Å². The Morgan fingerprint density at radius 1 is 1.03 bits per heavy atom. The summed E-state index contributed by atoms with van der Waals surface area (Å²) in [6.45, 7) is 2.19. The maximum absolute atomic E-state index is 12.6. The van der Waals surface area contributed by atoms with Gasteiger partial charge in [0.2, 0.25) is 6.79 Å². The molecule has 0 fully saturated rings. The lowest BCUT2D eigenvalue weighted by atomic mass is 10.1. The molecular formula is C24H20N4O4. The van der Waals surface area contributed by atoms with E-state index in [2.05, 4.69) is 15.4 Å². The monoisotopic (exact) mass is 428 g/mol. The highest BCUT2D eigenvalue weighted by atomic mass is 16.7. The van der Waals surface area contributed by atoms with Crippen LogP contribution in [0.25, 0.3) is 17.1 Å². The minimum atomic E-state index is -0.237. The number of benzene rings is 3. The summed E-state index contributed by atoms with van der Waals surface area (Å²) in [6, 6.07) is 20.7. The Hall–Kier alpha value is -4.33. The van der Waals surface area contributed by atoms with Crippen LogP contribution in [0.1, 0.15) is 15.9 Å². The average molecular weight is 428 g/mol. The van der Waals surface area contributed by atoms with E-state index in [0.29, 0.717) is 28.6 Å². The molecule has 0 saturated carbocycles. The van der Waals surface area contributed by atoms with Crippen molar-refractivity contribution in [1.29, 1.82) is 0 Å². The molecule has 160 valence electrons. The largest absolute Gasteiger partial charge is 0.466 e. The summed E-state index contributed by atoms with van der Waals surface area (Å²) >= 11 is 0. The number of aryl methyl sites for hydroxylation is 1. The zero-order valence-corrected chi connectivity index (χ0v) is 17.5. The maximum atomic E-state index is 12.6. The van der Waals surface area contributed by atoms with Crippen LogP contribution in [-0.4, -0.2) is 34.6 Å². The first-order valence-corrected chi connectivity index (χ1v) is 10.0. The Bertz CT molecular complexity index is 1300. The summed E-state index contributed by atoms with van der Waals surface area (Å²) in [7, 11) is 1.54. The Morgan fingerprint density at radius 3 is 2.59 bits per heavy atom. The fourth-order valence-corrected chi connectivity index (χ4v) is 3.48. The third kappa shape index (κ3) is 3.62. The number of rotatable bonds is 5. The minimum absolute atomic E-state index is 0.166. The maximum Gasteiger partial charge on any atom is 0.336 e. The van der Waals surface area contributed by atoms with E-state index in [1.807, 2.05) is 55.5 Å². The summed E-state index contributed by atoms with van der Waals surface area (Å²) < 4.78 is 17.6. The van der Waals surface area contributed by atoms with E-state index in [1.54, 1.807) is 22.9 Å². The van der Waals surface area contributed by atoms with Gasteiger partial charge in [0.15, 0.2) is 17.3 Å². The molecule has 0 aliphatic carbocycles. The highest BCUT2D eigenvalue weighted by Crippen LogP contribution is 2.33. The Kier molecular flexibility index (Phi) is 4.95. The van der Waals surface area contributed by atoms with Gasteiger partial charge in [-0.25, -0.2) is 4.68 Å². The van der Waals surface area contributed by atoms with Crippen LogP contribution >= 0.6 is 0 Å². The van der Waals surface area contributed by atoms with Gasteiger partial charge in [-0.3, -0.25) is 4.79 Å². The van der Waals surface area contributed by atoms with Crippen LogP contribution in [0.4, 0.5) is 5.69 Å². The van der Waals surface area contributed by atoms with E-state index >= 15 is 0 Å². The van der Waals surface area contributed by atoms with E-state index in [4.69, 9.17) is 14.2 Å². The van der Waals surface area contributed by atoms with Gasteiger partial charge in [-0.1, -0.05) is 24.3 Å². The molecule has 0 atom stereocenters. The topological polar surface area (TPSA) is 87.5 Å². The van der Waals surface area contributed by atoms with Crippen LogP contribution in [0.2, 0.25) is 0 Å². The second-order valence-corrected chi connectivity index (χ2v) is 7.22. The summed E-state index contributed by atoms with van der Waals surface area (Å²) in [5, 5.41) is 7.35. The number of carbonyl (C=O) groups excluding carboxylic acids is 1. The number of carbonyl (C=O) groups is 1. The van der Waals surface area contributed by atoms with Gasteiger partial charge in [0.05, 0.1) is 12.8 Å². The molecule has 0 radical (unpaired) electrons. The molecule has 1 aliphatic heterocycles. The first kappa shape index (κ1) is 19.6. The highest BCUT2D eigenvalue weighted by molar-refractivity contribution is 6.04. The van der Waals surface area contributed by atoms with Gasteiger partial charge < -0.3 is 19.5 Å². The van der Waals surface area contributed by atoms with Crippen LogP contribution in [0.5, 0.6) is 17.5 Å². The number of aromatic nitrogens is 3. The molecule has 0 saturated heterocycles. The second-order valence-electron chi connectivity index (χ2n) is 7.22. The van der Waals surface area contributed by atoms with E-state index in [9.17, 15) is 4.79 Å². The molecule has 0 unspecified atom stereocenters. The summed E-state index contributed by atoms with van der Waals surface area (Å²) in [6.07, 6.45) is 0. The molecule has 32 heavy (non-hydrogen) atoms. The van der Waals surface area contributed by atoms with Crippen molar-refractivity contribution in [2.45, 2.75) is 6.92 Å². The van der Waals surface area contributed by atoms with Gasteiger partial charge >= 0.3 is 6.01 Å². The molecule has 0 spiro atoms. The number of nitrogens with one attached hydrogen (secondary N) is 1. The molecule has 3 aromatic carbocycles. The zero-order chi connectivity index (χ0) is 22.1. The molecule has 1 N–H and O–H groups in total. The lowest BCUT2D eigenvalue weighted by Crippen LogP contribution is -2.11. The van der Waals surface area contributed by atoms with Crippen molar-refractivity contribution < 1.29 is 19.0 Å².